The molecule has 1 saturated heterocycles. The van der Waals surface area contributed by atoms with Gasteiger partial charge in [-0.15, -0.1) is 0 Å². The molecule has 1 aromatic rings. The molecule has 0 aliphatic carbocycles. The van der Waals surface area contributed by atoms with Crippen molar-refractivity contribution in [3.05, 3.63) is 28.8 Å². The fraction of sp³-hybridized carbons (Fsp3) is 0.417. The van der Waals surface area contributed by atoms with Gasteiger partial charge < -0.3 is 10.6 Å². The molecule has 4 heteroatoms. The number of halogens is 1. The highest BCUT2D eigenvalue weighted by Crippen LogP contribution is 2.29. The Bertz CT molecular complexity index is 400. The molecule has 2 rings (SSSR count). The van der Waals surface area contributed by atoms with Crippen LogP contribution < -0.4 is 10.6 Å². The Morgan fingerprint density at radius 2 is 2.06 bits per heavy atom. The van der Waals surface area contributed by atoms with Gasteiger partial charge in [-0.2, -0.15) is 0 Å². The van der Waals surface area contributed by atoms with Crippen molar-refractivity contribution in [2.45, 2.75) is 12.8 Å². The predicted molar refractivity (Wildman–Crippen MR) is 66.3 cm³/mol. The quantitative estimate of drug-likeness (QED) is 0.821. The minimum absolute atomic E-state index is 0.0272. The first-order chi connectivity index (χ1) is 7.72. The van der Waals surface area contributed by atoms with Crippen LogP contribution in [-0.2, 0) is 0 Å². The molecule has 1 aliphatic rings. The number of nitrogens with two attached hydrogens (primary N) is 1. The van der Waals surface area contributed by atoms with E-state index in [0.717, 1.165) is 18.8 Å². The van der Waals surface area contributed by atoms with Crippen molar-refractivity contribution in [3.63, 3.8) is 0 Å². The highest BCUT2D eigenvalue weighted by Gasteiger charge is 2.16. The molecule has 0 spiro atoms. The SMILES string of the molecule is NCC(=O)c1ccc(N2CCCC2)c(Cl)c1. The summed E-state index contributed by atoms with van der Waals surface area (Å²) in [7, 11) is 0. The molecule has 0 atom stereocenters. The average Bonchev–Trinajstić information content (AvgIpc) is 2.81. The number of benzene rings is 1. The Morgan fingerprint density at radius 3 is 2.62 bits per heavy atom. The van der Waals surface area contributed by atoms with E-state index in [-0.39, 0.29) is 12.3 Å². The number of hydrogen-bond donors (Lipinski definition) is 1. The molecule has 86 valence electrons. The van der Waals surface area contributed by atoms with Crippen LogP contribution in [0.5, 0.6) is 0 Å². The van der Waals surface area contributed by atoms with Gasteiger partial charge in [0.1, 0.15) is 0 Å². The molecule has 1 aliphatic heterocycles. The number of carbonyl (C=O) groups excluding carboxylic acids is 1. The molecule has 1 aromatic carbocycles. The van der Waals surface area contributed by atoms with Gasteiger partial charge in [0, 0.05) is 18.7 Å². The Balaban J connectivity index is 2.25. The first-order valence-corrected chi connectivity index (χ1v) is 5.88. The van der Waals surface area contributed by atoms with Crippen molar-refractivity contribution in [3.8, 4) is 0 Å². The maximum absolute atomic E-state index is 11.4. The summed E-state index contributed by atoms with van der Waals surface area (Å²) in [5, 5.41) is 0.640. The number of rotatable bonds is 3. The van der Waals surface area contributed by atoms with E-state index in [4.69, 9.17) is 17.3 Å². The third-order valence-corrected chi connectivity index (χ3v) is 3.20. The molecule has 0 unspecified atom stereocenters. The number of nitrogens with zero attached hydrogens (tertiary/aromatic N) is 1. The van der Waals surface area contributed by atoms with Crippen molar-refractivity contribution in [1.29, 1.82) is 0 Å². The van der Waals surface area contributed by atoms with Crippen molar-refractivity contribution in [2.75, 3.05) is 24.5 Å². The van der Waals surface area contributed by atoms with Crippen molar-refractivity contribution in [1.82, 2.24) is 0 Å². The molecular formula is C12H15ClN2O. The number of Topliss-reactive ketones (excluding diaryl/α,β-unsaturated/α-hetero) is 1. The fourth-order valence-corrected chi connectivity index (χ4v) is 2.31. The topological polar surface area (TPSA) is 46.3 Å². The lowest BCUT2D eigenvalue weighted by Crippen LogP contribution is -2.18. The third kappa shape index (κ3) is 2.20. The first kappa shape index (κ1) is 11.4. The third-order valence-electron chi connectivity index (χ3n) is 2.90. The lowest BCUT2D eigenvalue weighted by molar-refractivity contribution is 0.100. The minimum atomic E-state index is -0.0742. The normalized spacial score (nSPS) is 15.5. The van der Waals surface area contributed by atoms with Gasteiger partial charge in [-0.05, 0) is 31.0 Å². The molecule has 3 nitrogen and oxygen atoms in total. The van der Waals surface area contributed by atoms with E-state index in [1.165, 1.54) is 12.8 Å². The van der Waals surface area contributed by atoms with Crippen LogP contribution in [0.3, 0.4) is 0 Å². The van der Waals surface area contributed by atoms with Gasteiger partial charge in [-0.3, -0.25) is 4.79 Å². The molecule has 0 aromatic heterocycles. The van der Waals surface area contributed by atoms with E-state index in [1.807, 2.05) is 6.07 Å². The Labute approximate surface area is 100 Å². The van der Waals surface area contributed by atoms with Gasteiger partial charge in [0.25, 0.3) is 0 Å². The summed E-state index contributed by atoms with van der Waals surface area (Å²) in [5.41, 5.74) is 6.93. The maximum Gasteiger partial charge on any atom is 0.176 e. The molecule has 1 heterocycles. The molecule has 0 bridgehead atoms. The van der Waals surface area contributed by atoms with Gasteiger partial charge in [-0.1, -0.05) is 11.6 Å². The number of carbonyl (C=O) groups is 1. The number of hydrogen-bond acceptors (Lipinski definition) is 3. The zero-order valence-electron chi connectivity index (χ0n) is 9.08. The van der Waals surface area contributed by atoms with Crippen LogP contribution in [0.4, 0.5) is 5.69 Å². The molecule has 1 fully saturated rings. The predicted octanol–water partition coefficient (Wildman–Crippen LogP) is 2.08. The summed E-state index contributed by atoms with van der Waals surface area (Å²) in [6.45, 7) is 2.12. The zero-order valence-corrected chi connectivity index (χ0v) is 9.83. The summed E-state index contributed by atoms with van der Waals surface area (Å²) >= 11 is 6.18. The summed E-state index contributed by atoms with van der Waals surface area (Å²) in [5.74, 6) is -0.0742. The van der Waals surface area contributed by atoms with Crippen LogP contribution in [0.25, 0.3) is 0 Å². The summed E-state index contributed by atoms with van der Waals surface area (Å²) in [4.78, 5) is 13.7. The van der Waals surface area contributed by atoms with E-state index < -0.39 is 0 Å². The van der Waals surface area contributed by atoms with E-state index in [2.05, 4.69) is 4.90 Å². The second-order valence-corrected chi connectivity index (χ2v) is 4.39. The molecule has 2 N–H and O–H groups in total. The largest absolute Gasteiger partial charge is 0.370 e. The number of ketones is 1. The Hall–Kier alpha value is -1.06. The van der Waals surface area contributed by atoms with Gasteiger partial charge in [0.2, 0.25) is 0 Å². The zero-order chi connectivity index (χ0) is 11.5. The minimum Gasteiger partial charge on any atom is -0.370 e. The van der Waals surface area contributed by atoms with E-state index in [1.54, 1.807) is 12.1 Å². The van der Waals surface area contributed by atoms with Crippen molar-refractivity contribution < 1.29 is 4.79 Å². The summed E-state index contributed by atoms with van der Waals surface area (Å²) in [6.07, 6.45) is 2.42. The average molecular weight is 239 g/mol. The van der Waals surface area contributed by atoms with Gasteiger partial charge in [0.15, 0.2) is 5.78 Å². The standard InChI is InChI=1S/C12H15ClN2O/c13-10-7-9(12(16)8-14)3-4-11(10)15-5-1-2-6-15/h3-4,7H,1-2,5-6,8,14H2. The van der Waals surface area contributed by atoms with Crippen molar-refractivity contribution in [2.24, 2.45) is 5.73 Å². The molecule has 16 heavy (non-hydrogen) atoms. The lowest BCUT2D eigenvalue weighted by Gasteiger charge is -2.19. The van der Waals surface area contributed by atoms with Gasteiger partial charge >= 0.3 is 0 Å². The van der Waals surface area contributed by atoms with Crippen molar-refractivity contribution >= 4 is 23.1 Å². The molecule has 0 amide bonds. The molecular weight excluding hydrogens is 224 g/mol. The van der Waals surface area contributed by atoms with Crippen LogP contribution in [0.2, 0.25) is 5.02 Å². The Kier molecular flexibility index (Phi) is 3.46. The maximum atomic E-state index is 11.4. The lowest BCUT2D eigenvalue weighted by atomic mass is 10.1. The van der Waals surface area contributed by atoms with E-state index in [9.17, 15) is 4.79 Å². The summed E-state index contributed by atoms with van der Waals surface area (Å²) in [6, 6.07) is 5.43. The summed E-state index contributed by atoms with van der Waals surface area (Å²) < 4.78 is 0. The van der Waals surface area contributed by atoms with Crippen LogP contribution >= 0.6 is 11.6 Å². The molecule has 0 radical (unpaired) electrons. The monoisotopic (exact) mass is 238 g/mol. The van der Waals surface area contributed by atoms with E-state index >= 15 is 0 Å². The first-order valence-electron chi connectivity index (χ1n) is 5.50. The van der Waals surface area contributed by atoms with Crippen LogP contribution in [0.15, 0.2) is 18.2 Å². The molecule has 0 saturated carbocycles. The fourth-order valence-electron chi connectivity index (χ4n) is 2.01. The Morgan fingerprint density at radius 1 is 1.38 bits per heavy atom. The van der Waals surface area contributed by atoms with Gasteiger partial charge in [-0.25, -0.2) is 0 Å². The van der Waals surface area contributed by atoms with Crippen LogP contribution in [0, 0.1) is 0 Å². The number of anilines is 1. The van der Waals surface area contributed by atoms with E-state index in [0.29, 0.717) is 10.6 Å². The second-order valence-electron chi connectivity index (χ2n) is 3.99. The smallest absolute Gasteiger partial charge is 0.176 e. The highest BCUT2D eigenvalue weighted by atomic mass is 35.5. The van der Waals surface area contributed by atoms with Crippen LogP contribution in [-0.4, -0.2) is 25.4 Å². The van der Waals surface area contributed by atoms with Gasteiger partial charge in [0.05, 0.1) is 17.3 Å². The van der Waals surface area contributed by atoms with Crippen LogP contribution in [0.1, 0.15) is 23.2 Å². The highest BCUT2D eigenvalue weighted by molar-refractivity contribution is 6.33. The second kappa shape index (κ2) is 4.85.